The number of carbonyl (C=O) groups is 3. The summed E-state index contributed by atoms with van der Waals surface area (Å²) in [7, 11) is 1.45. The van der Waals surface area contributed by atoms with Crippen LogP contribution in [-0.4, -0.2) is 91.5 Å². The maximum atomic E-state index is 13.3. The molecule has 3 rings (SSSR count). The summed E-state index contributed by atoms with van der Waals surface area (Å²) in [5.74, 6) is -0.771. The van der Waals surface area contributed by atoms with Crippen molar-refractivity contribution in [2.24, 2.45) is 0 Å². The molecule has 10 nitrogen and oxygen atoms in total. The third-order valence-corrected chi connectivity index (χ3v) is 6.77. The zero-order chi connectivity index (χ0) is 26.9. The smallest absolute Gasteiger partial charge is 0.249 e. The SMILES string of the molecule is CCCCCCN(C(=O)COCC)C1C=C(C(=O)NCCO)C2c3cc(C=O)cc(OC)c3OC2C1O. The molecule has 0 radical (unpaired) electrons. The van der Waals surface area contributed by atoms with Crippen molar-refractivity contribution in [3.63, 3.8) is 0 Å². The summed E-state index contributed by atoms with van der Waals surface area (Å²) in [5.41, 5.74) is 1.18. The first-order chi connectivity index (χ1) is 17.9. The summed E-state index contributed by atoms with van der Waals surface area (Å²) in [6, 6.07) is 2.32. The molecule has 0 bridgehead atoms. The Bertz CT molecular complexity index is 995. The predicted molar refractivity (Wildman–Crippen MR) is 136 cm³/mol. The number of nitrogens with zero attached hydrogens (tertiary/aromatic N) is 1. The Kier molecular flexibility index (Phi) is 10.5. The van der Waals surface area contributed by atoms with Gasteiger partial charge in [0.05, 0.1) is 25.7 Å². The molecule has 1 aromatic rings. The number of hydrogen-bond acceptors (Lipinski definition) is 8. The number of amides is 2. The Labute approximate surface area is 217 Å². The normalized spacial score (nSPS) is 21.8. The van der Waals surface area contributed by atoms with E-state index in [2.05, 4.69) is 12.2 Å². The first-order valence-corrected chi connectivity index (χ1v) is 12.9. The highest BCUT2D eigenvalue weighted by atomic mass is 16.5. The van der Waals surface area contributed by atoms with Crippen LogP contribution in [-0.2, 0) is 14.3 Å². The van der Waals surface area contributed by atoms with Crippen LogP contribution in [0.15, 0.2) is 23.8 Å². The van der Waals surface area contributed by atoms with Crippen molar-refractivity contribution in [1.82, 2.24) is 10.2 Å². The molecule has 0 aromatic heterocycles. The fourth-order valence-electron chi connectivity index (χ4n) is 4.98. The molecule has 1 heterocycles. The average molecular weight is 519 g/mol. The van der Waals surface area contributed by atoms with Crippen LogP contribution in [0.4, 0.5) is 0 Å². The van der Waals surface area contributed by atoms with Gasteiger partial charge in [0.15, 0.2) is 11.5 Å². The number of nitrogens with one attached hydrogen (secondary N) is 1. The zero-order valence-electron chi connectivity index (χ0n) is 21.8. The molecular formula is C27H38N2O8. The average Bonchev–Trinajstić information content (AvgIpc) is 3.30. The minimum absolute atomic E-state index is 0.0379. The molecule has 4 unspecified atom stereocenters. The number of benzene rings is 1. The molecule has 3 N–H and O–H groups in total. The number of aldehydes is 1. The molecule has 37 heavy (non-hydrogen) atoms. The second-order valence-corrected chi connectivity index (χ2v) is 9.19. The highest BCUT2D eigenvalue weighted by molar-refractivity contribution is 5.96. The molecule has 10 heteroatoms. The van der Waals surface area contributed by atoms with Gasteiger partial charge in [0.25, 0.3) is 0 Å². The summed E-state index contributed by atoms with van der Waals surface area (Å²) in [6.07, 6.45) is 3.95. The van der Waals surface area contributed by atoms with Crippen molar-refractivity contribution in [1.29, 1.82) is 0 Å². The quantitative estimate of drug-likeness (QED) is 0.250. The molecular weight excluding hydrogens is 480 g/mol. The van der Waals surface area contributed by atoms with E-state index in [4.69, 9.17) is 14.2 Å². The lowest BCUT2D eigenvalue weighted by Crippen LogP contribution is -2.56. The number of methoxy groups -OCH3 is 1. The van der Waals surface area contributed by atoms with Crippen molar-refractivity contribution in [3.05, 3.63) is 34.9 Å². The number of ether oxygens (including phenoxy) is 3. The third kappa shape index (κ3) is 6.31. The van der Waals surface area contributed by atoms with E-state index >= 15 is 0 Å². The number of carbonyl (C=O) groups excluding carboxylic acids is 3. The lowest BCUT2D eigenvalue weighted by Gasteiger charge is -2.40. The molecule has 0 saturated heterocycles. The van der Waals surface area contributed by atoms with Crippen molar-refractivity contribution in [2.45, 2.75) is 63.7 Å². The largest absolute Gasteiger partial charge is 0.493 e. The molecule has 1 aliphatic heterocycles. The van der Waals surface area contributed by atoms with Crippen molar-refractivity contribution in [2.75, 3.05) is 40.0 Å². The molecule has 0 spiro atoms. The van der Waals surface area contributed by atoms with E-state index in [1.807, 2.05) is 0 Å². The van der Waals surface area contributed by atoms with Crippen LogP contribution >= 0.6 is 0 Å². The first-order valence-electron chi connectivity index (χ1n) is 12.9. The molecule has 1 aromatic carbocycles. The van der Waals surface area contributed by atoms with Crippen molar-refractivity contribution in [3.8, 4) is 11.5 Å². The number of unbranched alkanes of at least 4 members (excludes halogenated alkanes) is 3. The molecule has 2 amide bonds. The molecule has 2 aliphatic rings. The van der Waals surface area contributed by atoms with Gasteiger partial charge in [0.1, 0.15) is 25.1 Å². The Morgan fingerprint density at radius 3 is 2.65 bits per heavy atom. The monoisotopic (exact) mass is 518 g/mol. The molecule has 1 aliphatic carbocycles. The van der Waals surface area contributed by atoms with E-state index in [-0.39, 0.29) is 25.7 Å². The molecule has 0 saturated carbocycles. The lowest BCUT2D eigenvalue weighted by atomic mass is 9.77. The van der Waals surface area contributed by atoms with Gasteiger partial charge >= 0.3 is 0 Å². The first kappa shape index (κ1) is 28.6. The van der Waals surface area contributed by atoms with Crippen LogP contribution in [0, 0.1) is 0 Å². The van der Waals surface area contributed by atoms with E-state index in [1.165, 1.54) is 13.2 Å². The zero-order valence-corrected chi connectivity index (χ0v) is 21.8. The summed E-state index contributed by atoms with van der Waals surface area (Å²) in [6.45, 7) is 4.31. The maximum Gasteiger partial charge on any atom is 0.249 e. The second kappa shape index (κ2) is 13.6. The van der Waals surface area contributed by atoms with Gasteiger partial charge < -0.3 is 34.6 Å². The standard InChI is InChI=1S/C27H38N2O8/c1-4-6-7-8-10-29(22(32)16-36-5-2)20-14-19(27(34)28-9-11-30)23-18-12-17(15-31)13-21(35-3)25(18)37-26(23)24(20)33/h12-15,20,23-24,26,30,33H,4-11,16H2,1-3H3,(H,28,34). The summed E-state index contributed by atoms with van der Waals surface area (Å²) in [4.78, 5) is 39.6. The van der Waals surface area contributed by atoms with Gasteiger partial charge in [0.2, 0.25) is 11.8 Å². The minimum atomic E-state index is -1.16. The molecule has 4 atom stereocenters. The Morgan fingerprint density at radius 1 is 1.22 bits per heavy atom. The predicted octanol–water partition coefficient (Wildman–Crippen LogP) is 1.58. The van der Waals surface area contributed by atoms with E-state index in [1.54, 1.807) is 24.0 Å². The van der Waals surface area contributed by atoms with Gasteiger partial charge in [-0.2, -0.15) is 0 Å². The lowest BCUT2D eigenvalue weighted by molar-refractivity contribution is -0.141. The highest BCUT2D eigenvalue weighted by Gasteiger charge is 2.51. The summed E-state index contributed by atoms with van der Waals surface area (Å²) >= 11 is 0. The number of aliphatic hydroxyl groups excluding tert-OH is 2. The van der Waals surface area contributed by atoms with E-state index in [9.17, 15) is 24.6 Å². The number of aliphatic hydroxyl groups is 2. The second-order valence-electron chi connectivity index (χ2n) is 9.19. The number of rotatable bonds is 14. The Hall–Kier alpha value is -2.95. The van der Waals surface area contributed by atoms with Crippen LogP contribution in [0.5, 0.6) is 11.5 Å². The van der Waals surface area contributed by atoms with Crippen LogP contribution in [0.1, 0.15) is 61.4 Å². The van der Waals surface area contributed by atoms with Crippen LogP contribution in [0.3, 0.4) is 0 Å². The van der Waals surface area contributed by atoms with Gasteiger partial charge in [-0.15, -0.1) is 0 Å². The Morgan fingerprint density at radius 2 is 2.00 bits per heavy atom. The molecule has 0 fully saturated rings. The molecule has 204 valence electrons. The van der Waals surface area contributed by atoms with Gasteiger partial charge in [0, 0.05) is 36.4 Å². The fraction of sp³-hybridized carbons (Fsp3) is 0.593. The topological polar surface area (TPSA) is 135 Å². The van der Waals surface area contributed by atoms with Crippen molar-refractivity contribution < 1.29 is 38.8 Å². The summed E-state index contributed by atoms with van der Waals surface area (Å²) in [5, 5.41) is 23.5. The van der Waals surface area contributed by atoms with E-state index in [0.29, 0.717) is 47.6 Å². The van der Waals surface area contributed by atoms with Gasteiger partial charge in [-0.25, -0.2) is 0 Å². The van der Waals surface area contributed by atoms with Crippen LogP contribution in [0.25, 0.3) is 0 Å². The maximum absolute atomic E-state index is 13.3. The van der Waals surface area contributed by atoms with Gasteiger partial charge in [-0.05, 0) is 31.6 Å². The van der Waals surface area contributed by atoms with Crippen LogP contribution < -0.4 is 14.8 Å². The van der Waals surface area contributed by atoms with E-state index in [0.717, 1.165) is 25.7 Å². The Balaban J connectivity index is 2.06. The van der Waals surface area contributed by atoms with Gasteiger partial charge in [-0.3, -0.25) is 14.4 Å². The van der Waals surface area contributed by atoms with Crippen molar-refractivity contribution >= 4 is 18.1 Å². The van der Waals surface area contributed by atoms with Gasteiger partial charge in [-0.1, -0.05) is 26.2 Å². The number of hydrogen-bond donors (Lipinski definition) is 3. The number of fused-ring (bicyclic) bond motifs is 3. The third-order valence-electron chi connectivity index (χ3n) is 6.77. The minimum Gasteiger partial charge on any atom is -0.493 e. The van der Waals surface area contributed by atoms with Crippen LogP contribution in [0.2, 0.25) is 0 Å². The van der Waals surface area contributed by atoms with E-state index < -0.39 is 30.1 Å². The highest BCUT2D eigenvalue weighted by Crippen LogP contribution is 2.51. The summed E-state index contributed by atoms with van der Waals surface area (Å²) < 4.78 is 17.0. The fourth-order valence-corrected chi connectivity index (χ4v) is 4.98.